The molecule has 0 bridgehead atoms. The Kier molecular flexibility index (Phi) is 9.38. The number of amides is 2. The molecule has 0 aromatic heterocycles. The number of piperidine rings is 1. The van der Waals surface area contributed by atoms with E-state index in [4.69, 9.17) is 18.9 Å². The summed E-state index contributed by atoms with van der Waals surface area (Å²) >= 11 is 0. The van der Waals surface area contributed by atoms with E-state index in [1.54, 1.807) is 29.0 Å². The molecule has 216 valence electrons. The number of fused-ring (bicyclic) bond motifs is 1. The predicted molar refractivity (Wildman–Crippen MR) is 153 cm³/mol. The Balaban J connectivity index is 1.29. The van der Waals surface area contributed by atoms with Crippen LogP contribution in [0.2, 0.25) is 0 Å². The molecule has 2 atom stereocenters. The third kappa shape index (κ3) is 7.17. The van der Waals surface area contributed by atoms with E-state index >= 15 is 0 Å². The average Bonchev–Trinajstić information content (AvgIpc) is 3.01. The van der Waals surface area contributed by atoms with Gasteiger partial charge >= 0.3 is 6.09 Å². The molecule has 0 radical (unpaired) electrons. The van der Waals surface area contributed by atoms with E-state index in [1.165, 1.54) is 0 Å². The minimum Gasteiger partial charge on any atom is -0.508 e. The zero-order chi connectivity index (χ0) is 28.6. The Bertz CT molecular complexity index is 1320. The largest absolute Gasteiger partial charge is 0.508 e. The molecule has 9 nitrogen and oxygen atoms in total. The summed E-state index contributed by atoms with van der Waals surface area (Å²) in [5.74, 6) is 0.810. The third-order valence-corrected chi connectivity index (χ3v) is 7.50. The zero-order valence-corrected chi connectivity index (χ0v) is 23.2. The van der Waals surface area contributed by atoms with Crippen LogP contribution < -0.4 is 9.64 Å². The standard InChI is InChI=1S/C32H36N2O7/c1-38-17-5-15-34-28-18-24(8-13-29(28)40-22-31(34)36)21-39-30-19-33(32(37)41-20-23-6-3-2-4-7-23)16-14-27(30)25-9-11-26(35)12-10-25/h2-4,6-13,18,27,30,35H,5,14-17,19-22H2,1H3. The Morgan fingerprint density at radius 3 is 2.61 bits per heavy atom. The number of ether oxygens (including phenoxy) is 4. The number of benzene rings is 3. The number of hydrogen-bond acceptors (Lipinski definition) is 7. The number of phenols is 1. The molecule has 2 unspecified atom stereocenters. The molecule has 5 rings (SSSR count). The van der Waals surface area contributed by atoms with E-state index in [0.717, 1.165) is 28.8 Å². The van der Waals surface area contributed by atoms with E-state index in [-0.39, 0.29) is 43.0 Å². The Labute approximate surface area is 240 Å². The highest BCUT2D eigenvalue weighted by molar-refractivity contribution is 5.97. The molecule has 1 fully saturated rings. The third-order valence-electron chi connectivity index (χ3n) is 7.50. The molecule has 2 heterocycles. The second-order valence-corrected chi connectivity index (χ2v) is 10.3. The molecular weight excluding hydrogens is 524 g/mol. The van der Waals surface area contributed by atoms with E-state index in [1.807, 2.05) is 60.7 Å². The number of carbonyl (C=O) groups is 2. The van der Waals surface area contributed by atoms with Gasteiger partial charge in [-0.05, 0) is 53.8 Å². The predicted octanol–water partition coefficient (Wildman–Crippen LogP) is 4.87. The van der Waals surface area contributed by atoms with E-state index in [9.17, 15) is 14.7 Å². The van der Waals surface area contributed by atoms with Gasteiger partial charge in [0.2, 0.25) is 0 Å². The molecule has 3 aromatic rings. The molecule has 0 aliphatic carbocycles. The molecule has 2 aliphatic rings. The number of methoxy groups -OCH3 is 1. The van der Waals surface area contributed by atoms with Gasteiger partial charge in [0.05, 0.1) is 24.9 Å². The van der Waals surface area contributed by atoms with Crippen molar-refractivity contribution in [2.75, 3.05) is 44.9 Å². The Morgan fingerprint density at radius 1 is 1.02 bits per heavy atom. The average molecular weight is 561 g/mol. The first-order valence-corrected chi connectivity index (χ1v) is 13.9. The fourth-order valence-electron chi connectivity index (χ4n) is 5.32. The van der Waals surface area contributed by atoms with Gasteiger partial charge in [0.1, 0.15) is 18.1 Å². The van der Waals surface area contributed by atoms with Crippen LogP contribution in [0, 0.1) is 0 Å². The van der Waals surface area contributed by atoms with Crippen molar-refractivity contribution in [2.24, 2.45) is 0 Å². The quantitative estimate of drug-likeness (QED) is 0.354. The maximum absolute atomic E-state index is 13.0. The molecule has 1 N–H and O–H groups in total. The summed E-state index contributed by atoms with van der Waals surface area (Å²) in [6.07, 6.45) is 0.733. The molecule has 3 aromatic carbocycles. The van der Waals surface area contributed by atoms with Crippen molar-refractivity contribution in [3.63, 3.8) is 0 Å². The van der Waals surface area contributed by atoms with Crippen molar-refractivity contribution >= 4 is 17.7 Å². The lowest BCUT2D eigenvalue weighted by Gasteiger charge is -2.38. The maximum Gasteiger partial charge on any atom is 0.410 e. The van der Waals surface area contributed by atoms with Gasteiger partial charge in [-0.25, -0.2) is 4.79 Å². The van der Waals surface area contributed by atoms with Crippen LogP contribution in [-0.4, -0.2) is 68.1 Å². The summed E-state index contributed by atoms with van der Waals surface area (Å²) < 4.78 is 22.9. The number of carbonyl (C=O) groups excluding carboxylic acids is 2. The molecule has 41 heavy (non-hydrogen) atoms. The molecule has 0 spiro atoms. The Morgan fingerprint density at radius 2 is 1.83 bits per heavy atom. The maximum atomic E-state index is 13.0. The molecule has 1 saturated heterocycles. The van der Waals surface area contributed by atoms with E-state index < -0.39 is 0 Å². The number of likely N-dealkylation sites (tertiary alicyclic amines) is 1. The van der Waals surface area contributed by atoms with Crippen molar-refractivity contribution < 1.29 is 33.6 Å². The van der Waals surface area contributed by atoms with Crippen LogP contribution in [-0.2, 0) is 32.2 Å². The number of rotatable bonds is 10. The lowest BCUT2D eigenvalue weighted by atomic mass is 9.87. The van der Waals surface area contributed by atoms with Crippen molar-refractivity contribution in [3.05, 3.63) is 89.5 Å². The topological polar surface area (TPSA) is 97.8 Å². The van der Waals surface area contributed by atoms with Crippen LogP contribution in [0.25, 0.3) is 0 Å². The van der Waals surface area contributed by atoms with Gasteiger partial charge in [0.25, 0.3) is 5.91 Å². The summed E-state index contributed by atoms with van der Waals surface area (Å²) in [5.41, 5.74) is 3.59. The second-order valence-electron chi connectivity index (χ2n) is 10.3. The van der Waals surface area contributed by atoms with Crippen LogP contribution in [0.5, 0.6) is 11.5 Å². The smallest absolute Gasteiger partial charge is 0.410 e. The zero-order valence-electron chi connectivity index (χ0n) is 23.2. The highest BCUT2D eigenvalue weighted by Gasteiger charge is 2.34. The van der Waals surface area contributed by atoms with Gasteiger partial charge in [-0.2, -0.15) is 0 Å². The first-order valence-electron chi connectivity index (χ1n) is 13.9. The first kappa shape index (κ1) is 28.4. The van der Waals surface area contributed by atoms with Crippen molar-refractivity contribution in [3.8, 4) is 11.5 Å². The first-order chi connectivity index (χ1) is 20.0. The van der Waals surface area contributed by atoms with Gasteiger partial charge < -0.3 is 33.9 Å². The second kappa shape index (κ2) is 13.5. The van der Waals surface area contributed by atoms with E-state index in [0.29, 0.717) is 45.0 Å². The summed E-state index contributed by atoms with van der Waals surface area (Å²) in [5, 5.41) is 9.80. The minimum atomic E-state index is -0.372. The Hall–Kier alpha value is -4.08. The monoisotopic (exact) mass is 560 g/mol. The van der Waals surface area contributed by atoms with Crippen molar-refractivity contribution in [1.29, 1.82) is 0 Å². The van der Waals surface area contributed by atoms with Crippen LogP contribution in [0.15, 0.2) is 72.8 Å². The highest BCUT2D eigenvalue weighted by Crippen LogP contribution is 2.35. The fourth-order valence-corrected chi connectivity index (χ4v) is 5.32. The van der Waals surface area contributed by atoms with Gasteiger partial charge in [-0.3, -0.25) is 4.79 Å². The molecule has 2 amide bonds. The summed E-state index contributed by atoms with van der Waals surface area (Å²) in [6, 6.07) is 22.5. The summed E-state index contributed by atoms with van der Waals surface area (Å²) in [4.78, 5) is 29.0. The fraction of sp³-hybridized carbons (Fsp3) is 0.375. The van der Waals surface area contributed by atoms with Crippen LogP contribution in [0.1, 0.15) is 35.4 Å². The van der Waals surface area contributed by atoms with Gasteiger partial charge in [-0.15, -0.1) is 0 Å². The number of aromatic hydroxyl groups is 1. The van der Waals surface area contributed by atoms with Crippen LogP contribution >= 0.6 is 0 Å². The van der Waals surface area contributed by atoms with Gasteiger partial charge in [0.15, 0.2) is 6.61 Å². The molecule has 2 aliphatic heterocycles. The van der Waals surface area contributed by atoms with Crippen LogP contribution in [0.4, 0.5) is 10.5 Å². The number of anilines is 1. The van der Waals surface area contributed by atoms with Gasteiger partial charge in [-0.1, -0.05) is 48.5 Å². The van der Waals surface area contributed by atoms with Crippen LogP contribution in [0.3, 0.4) is 0 Å². The SMILES string of the molecule is COCCCN1C(=O)COc2ccc(COC3CN(C(=O)OCc4ccccc4)CCC3c3ccc(O)cc3)cc21. The molecular formula is C32H36N2O7. The van der Waals surface area contributed by atoms with E-state index in [2.05, 4.69) is 0 Å². The van der Waals surface area contributed by atoms with Gasteiger partial charge in [0, 0.05) is 32.7 Å². The molecule has 0 saturated carbocycles. The number of nitrogens with zero attached hydrogens (tertiary/aromatic N) is 2. The molecule has 9 heteroatoms. The lowest BCUT2D eigenvalue weighted by Crippen LogP contribution is -2.47. The summed E-state index contributed by atoms with van der Waals surface area (Å²) in [7, 11) is 1.64. The van der Waals surface area contributed by atoms with Crippen molar-refractivity contribution in [1.82, 2.24) is 4.90 Å². The lowest BCUT2D eigenvalue weighted by molar-refractivity contribution is -0.121. The van der Waals surface area contributed by atoms with Crippen molar-refractivity contribution in [2.45, 2.75) is 38.1 Å². The summed E-state index contributed by atoms with van der Waals surface area (Å²) in [6.45, 7) is 2.52. The minimum absolute atomic E-state index is 0.0163. The number of hydrogen-bond donors (Lipinski definition) is 1. The number of phenolic OH excluding ortho intramolecular Hbond substituents is 1. The normalized spacial score (nSPS) is 18.5. The highest BCUT2D eigenvalue weighted by atomic mass is 16.6.